The number of hydrogen-bond donors (Lipinski definition) is 1. The first-order chi connectivity index (χ1) is 11.4. The van der Waals surface area contributed by atoms with Crippen LogP contribution in [0.1, 0.15) is 24.4 Å². The van der Waals surface area contributed by atoms with Crippen molar-refractivity contribution in [3.05, 3.63) is 35.7 Å². The normalized spacial score (nSPS) is 12.2. The maximum absolute atomic E-state index is 5.80. The third kappa shape index (κ3) is 4.79. The molecule has 1 heterocycles. The molecule has 2 rings (SSSR count). The summed E-state index contributed by atoms with van der Waals surface area (Å²) in [6.07, 6.45) is 0. The molecule has 0 saturated heterocycles. The Morgan fingerprint density at radius 3 is 2.58 bits per heavy atom. The van der Waals surface area contributed by atoms with E-state index in [1.807, 2.05) is 51.2 Å². The van der Waals surface area contributed by atoms with E-state index in [4.69, 9.17) is 10.5 Å². The Kier molecular flexibility index (Phi) is 5.92. The summed E-state index contributed by atoms with van der Waals surface area (Å²) >= 11 is 0. The maximum atomic E-state index is 5.80. The summed E-state index contributed by atoms with van der Waals surface area (Å²) in [4.78, 5) is 16.8. The van der Waals surface area contributed by atoms with Gasteiger partial charge < -0.3 is 15.4 Å². The molecule has 0 spiro atoms. The average molecular weight is 330 g/mol. The van der Waals surface area contributed by atoms with Gasteiger partial charge in [-0.15, -0.1) is 0 Å². The highest BCUT2D eigenvalue weighted by molar-refractivity contribution is 5.33. The molecule has 0 saturated carbocycles. The summed E-state index contributed by atoms with van der Waals surface area (Å²) in [5, 5.41) is 0. The third-order valence-electron chi connectivity index (χ3n) is 3.80. The lowest BCUT2D eigenvalue weighted by Gasteiger charge is -2.24. The van der Waals surface area contributed by atoms with Crippen LogP contribution in [0.4, 0.5) is 11.9 Å². The molecule has 0 amide bonds. The van der Waals surface area contributed by atoms with Gasteiger partial charge in [-0.3, -0.25) is 4.90 Å². The molecule has 24 heavy (non-hydrogen) atoms. The van der Waals surface area contributed by atoms with Gasteiger partial charge in [0.2, 0.25) is 11.9 Å². The van der Waals surface area contributed by atoms with Crippen molar-refractivity contribution in [2.75, 3.05) is 44.9 Å². The topological polar surface area (TPSA) is 80.4 Å². The molecule has 0 fully saturated rings. The fourth-order valence-corrected chi connectivity index (χ4v) is 2.19. The molecule has 2 N–H and O–H groups in total. The molecule has 0 bridgehead atoms. The van der Waals surface area contributed by atoms with E-state index in [0.717, 1.165) is 12.3 Å². The molecule has 7 heteroatoms. The Labute approximate surface area is 143 Å². The van der Waals surface area contributed by atoms with Crippen LogP contribution in [0.2, 0.25) is 0 Å². The number of hydrogen-bond acceptors (Lipinski definition) is 7. The zero-order valence-electron chi connectivity index (χ0n) is 15.0. The van der Waals surface area contributed by atoms with Crippen LogP contribution in [-0.4, -0.2) is 54.1 Å². The van der Waals surface area contributed by atoms with Gasteiger partial charge in [0, 0.05) is 20.6 Å². The molecule has 1 atom stereocenters. The highest BCUT2D eigenvalue weighted by Gasteiger charge is 2.17. The van der Waals surface area contributed by atoms with Crippen molar-refractivity contribution >= 4 is 11.9 Å². The second-order valence-electron chi connectivity index (χ2n) is 6.07. The maximum Gasteiger partial charge on any atom is 0.229 e. The van der Waals surface area contributed by atoms with Gasteiger partial charge >= 0.3 is 0 Å². The summed E-state index contributed by atoms with van der Waals surface area (Å²) < 4.78 is 5.80. The van der Waals surface area contributed by atoms with Gasteiger partial charge in [-0.05, 0) is 38.6 Å². The predicted molar refractivity (Wildman–Crippen MR) is 96.3 cm³/mol. The summed E-state index contributed by atoms with van der Waals surface area (Å²) in [7, 11) is 5.77. The average Bonchev–Trinajstić information content (AvgIpc) is 2.53. The fraction of sp³-hybridized carbons (Fsp3) is 0.471. The quantitative estimate of drug-likeness (QED) is 0.830. The molecule has 1 aromatic heterocycles. The van der Waals surface area contributed by atoms with Crippen LogP contribution >= 0.6 is 0 Å². The fourth-order valence-electron chi connectivity index (χ4n) is 2.19. The number of rotatable bonds is 7. The Morgan fingerprint density at radius 2 is 1.92 bits per heavy atom. The summed E-state index contributed by atoms with van der Waals surface area (Å²) in [6, 6.07) is 8.04. The van der Waals surface area contributed by atoms with E-state index in [9.17, 15) is 0 Å². The Morgan fingerprint density at radius 1 is 1.17 bits per heavy atom. The zero-order chi connectivity index (χ0) is 17.7. The molecule has 0 aliphatic heterocycles. The van der Waals surface area contributed by atoms with Crippen LogP contribution in [0, 0.1) is 6.92 Å². The van der Waals surface area contributed by atoms with Crippen LogP contribution in [0.3, 0.4) is 0 Å². The van der Waals surface area contributed by atoms with E-state index in [1.54, 1.807) is 0 Å². The summed E-state index contributed by atoms with van der Waals surface area (Å²) in [5.41, 5.74) is 6.98. The van der Waals surface area contributed by atoms with Crippen LogP contribution < -0.4 is 15.4 Å². The number of aryl methyl sites for hydroxylation is 1. The van der Waals surface area contributed by atoms with Gasteiger partial charge in [-0.1, -0.05) is 12.1 Å². The van der Waals surface area contributed by atoms with Crippen LogP contribution in [0.25, 0.3) is 0 Å². The summed E-state index contributed by atoms with van der Waals surface area (Å²) in [5.74, 6) is 2.34. The molecule has 0 radical (unpaired) electrons. The van der Waals surface area contributed by atoms with Crippen LogP contribution in [0.5, 0.6) is 5.75 Å². The number of anilines is 2. The van der Waals surface area contributed by atoms with Gasteiger partial charge in [0.15, 0.2) is 5.82 Å². The first-order valence-corrected chi connectivity index (χ1v) is 7.95. The van der Waals surface area contributed by atoms with Gasteiger partial charge in [0.05, 0.1) is 6.04 Å². The molecule has 130 valence electrons. The van der Waals surface area contributed by atoms with E-state index in [0.29, 0.717) is 18.4 Å². The highest BCUT2D eigenvalue weighted by atomic mass is 16.5. The van der Waals surface area contributed by atoms with Crippen LogP contribution in [-0.2, 0) is 0 Å². The van der Waals surface area contributed by atoms with Crippen molar-refractivity contribution < 1.29 is 4.74 Å². The lowest BCUT2D eigenvalue weighted by Crippen LogP contribution is -2.29. The molecule has 7 nitrogen and oxygen atoms in total. The number of nitrogens with zero attached hydrogens (tertiary/aromatic N) is 5. The van der Waals surface area contributed by atoms with Gasteiger partial charge in [-0.25, -0.2) is 0 Å². The van der Waals surface area contributed by atoms with Crippen molar-refractivity contribution in [1.82, 2.24) is 19.9 Å². The first-order valence-electron chi connectivity index (χ1n) is 7.95. The Balaban J connectivity index is 1.95. The minimum atomic E-state index is 0.00936. The predicted octanol–water partition coefficient (Wildman–Crippen LogP) is 1.90. The lowest BCUT2D eigenvalue weighted by atomic mass is 10.2. The zero-order valence-corrected chi connectivity index (χ0v) is 15.0. The number of nitrogen functional groups attached to an aromatic ring is 1. The minimum Gasteiger partial charge on any atom is -0.492 e. The number of nitrogens with two attached hydrogens (primary N) is 1. The third-order valence-corrected chi connectivity index (χ3v) is 3.80. The molecular formula is C17H26N6O. The molecule has 2 aromatic rings. The molecule has 1 aromatic carbocycles. The van der Waals surface area contributed by atoms with Gasteiger partial charge in [0.25, 0.3) is 0 Å². The summed E-state index contributed by atoms with van der Waals surface area (Å²) in [6.45, 7) is 5.43. The lowest BCUT2D eigenvalue weighted by molar-refractivity contribution is 0.196. The minimum absolute atomic E-state index is 0.00936. The molecule has 0 aliphatic carbocycles. The molecule has 0 unspecified atom stereocenters. The molecular weight excluding hydrogens is 304 g/mol. The second kappa shape index (κ2) is 7.92. The largest absolute Gasteiger partial charge is 0.492 e. The second-order valence-corrected chi connectivity index (χ2v) is 6.07. The number of likely N-dealkylation sites (N-methyl/N-ethyl adjacent to an activating group) is 1. The Hall–Kier alpha value is -2.41. The van der Waals surface area contributed by atoms with Crippen molar-refractivity contribution in [3.63, 3.8) is 0 Å². The monoisotopic (exact) mass is 330 g/mol. The van der Waals surface area contributed by atoms with E-state index in [1.165, 1.54) is 5.56 Å². The van der Waals surface area contributed by atoms with Crippen molar-refractivity contribution in [2.45, 2.75) is 19.9 Å². The number of ether oxygens (including phenoxy) is 1. The van der Waals surface area contributed by atoms with Crippen molar-refractivity contribution in [1.29, 1.82) is 0 Å². The number of benzene rings is 1. The van der Waals surface area contributed by atoms with E-state index in [-0.39, 0.29) is 12.0 Å². The van der Waals surface area contributed by atoms with Crippen molar-refractivity contribution in [3.8, 4) is 5.75 Å². The van der Waals surface area contributed by atoms with Crippen molar-refractivity contribution in [2.24, 2.45) is 0 Å². The highest BCUT2D eigenvalue weighted by Crippen LogP contribution is 2.18. The van der Waals surface area contributed by atoms with Gasteiger partial charge in [0.1, 0.15) is 12.4 Å². The van der Waals surface area contributed by atoms with Crippen LogP contribution in [0.15, 0.2) is 24.3 Å². The van der Waals surface area contributed by atoms with E-state index in [2.05, 4.69) is 32.8 Å². The number of aromatic nitrogens is 3. The SMILES string of the molecule is Cc1cccc(OCCN(C)[C@@H](C)c2nc(N)nc(N(C)C)n2)c1. The first kappa shape index (κ1) is 17.9. The smallest absolute Gasteiger partial charge is 0.229 e. The Bertz CT molecular complexity index is 676. The van der Waals surface area contributed by atoms with E-state index >= 15 is 0 Å². The van der Waals surface area contributed by atoms with E-state index < -0.39 is 0 Å². The molecule has 0 aliphatic rings. The standard InChI is InChI=1S/C17H26N6O/c1-12-7-6-8-14(11-12)24-10-9-23(5)13(2)15-19-16(18)21-17(20-15)22(3)4/h6-8,11,13H,9-10H2,1-5H3,(H2,18,19,20,21)/t13-/m0/s1. The van der Waals surface area contributed by atoms with Gasteiger partial charge in [-0.2, -0.15) is 15.0 Å².